The predicted molar refractivity (Wildman–Crippen MR) is 117 cm³/mol. The third kappa shape index (κ3) is 4.02. The van der Waals surface area contributed by atoms with E-state index in [1.165, 1.54) is 16.7 Å². The van der Waals surface area contributed by atoms with Gasteiger partial charge in [-0.25, -0.2) is 0 Å². The maximum Gasteiger partial charge on any atom is 0.129 e. The second-order valence-electron chi connectivity index (χ2n) is 8.17. The largest absolute Gasteiger partial charge is 0.842 e. The van der Waals surface area contributed by atoms with Gasteiger partial charge in [-0.05, 0) is 52.0 Å². The zero-order valence-corrected chi connectivity index (χ0v) is 18.5. The van der Waals surface area contributed by atoms with Crippen LogP contribution in [-0.4, -0.2) is 10.7 Å². The van der Waals surface area contributed by atoms with Crippen molar-refractivity contribution in [3.8, 4) is 0 Å². The number of anilines is 1. The van der Waals surface area contributed by atoms with Crippen LogP contribution in [0.2, 0.25) is 0 Å². The summed E-state index contributed by atoms with van der Waals surface area (Å²) < 4.78 is 16.3. The van der Waals surface area contributed by atoms with Crippen LogP contribution in [0.25, 0.3) is 0 Å². The Kier molecular flexibility index (Phi) is 6.13. The highest BCUT2D eigenvalue weighted by atomic mass is 127. The standard InChI is InChI=1S/C23H27INO3/c1-14(2)16-8-9-20-19(13-16)23-18(7-4-10-28-23)22(25-20)17-6-3-5-15(11-17)12-21(26)24-27/h3,5-6,8-9,11,13-14,18,21-23,25H,4,7,10,12H2,1-2H3/q-1/t18?,21-,22?,23?/m1/s1. The SMILES string of the molecule is CC(C)c1ccc2c(c1)C1OCCCC1C(c1cccc(C[C@@H]([O-])I=O)c1)N2. The molecule has 2 heterocycles. The highest BCUT2D eigenvalue weighted by Crippen LogP contribution is 2.49. The van der Waals surface area contributed by atoms with Gasteiger partial charge in [0.2, 0.25) is 0 Å². The van der Waals surface area contributed by atoms with Gasteiger partial charge in [-0.2, -0.15) is 0 Å². The van der Waals surface area contributed by atoms with E-state index in [1.54, 1.807) is 0 Å². The summed E-state index contributed by atoms with van der Waals surface area (Å²) in [6.07, 6.45) is 2.64. The first kappa shape index (κ1) is 20.0. The molecule has 28 heavy (non-hydrogen) atoms. The molecule has 0 bridgehead atoms. The summed E-state index contributed by atoms with van der Waals surface area (Å²) in [5, 5.41) is 15.5. The minimum absolute atomic E-state index is 0.108. The van der Waals surface area contributed by atoms with E-state index < -0.39 is 25.3 Å². The molecule has 4 atom stereocenters. The number of hydrogen-bond acceptors (Lipinski definition) is 4. The van der Waals surface area contributed by atoms with Crippen molar-refractivity contribution in [1.82, 2.24) is 0 Å². The second-order valence-corrected chi connectivity index (χ2v) is 10.1. The zero-order chi connectivity index (χ0) is 19.7. The summed E-state index contributed by atoms with van der Waals surface area (Å²) >= 11 is -1.50. The lowest BCUT2D eigenvalue weighted by Gasteiger charge is -2.43. The lowest BCUT2D eigenvalue weighted by molar-refractivity contribution is -0.377. The molecule has 4 nitrogen and oxygen atoms in total. The Hall–Kier alpha value is -1.31. The van der Waals surface area contributed by atoms with Gasteiger partial charge < -0.3 is 15.2 Å². The van der Waals surface area contributed by atoms with Crippen molar-refractivity contribution < 1.29 is 12.9 Å². The van der Waals surface area contributed by atoms with Crippen LogP contribution < -0.4 is 10.4 Å². The van der Waals surface area contributed by atoms with Gasteiger partial charge in [0.25, 0.3) is 0 Å². The second kappa shape index (κ2) is 8.59. The minimum Gasteiger partial charge on any atom is -0.842 e. The molecule has 0 amide bonds. The first-order valence-electron chi connectivity index (χ1n) is 10.1. The molecule has 1 N–H and O–H groups in total. The van der Waals surface area contributed by atoms with Crippen LogP contribution in [0.1, 0.15) is 67.0 Å². The van der Waals surface area contributed by atoms with E-state index in [0.29, 0.717) is 18.3 Å². The Balaban J connectivity index is 1.69. The molecule has 0 aliphatic carbocycles. The van der Waals surface area contributed by atoms with Crippen molar-refractivity contribution in [2.45, 2.75) is 55.3 Å². The van der Waals surface area contributed by atoms with Gasteiger partial charge in [0, 0.05) is 23.8 Å². The van der Waals surface area contributed by atoms with Crippen LogP contribution in [-0.2, 0) is 14.2 Å². The maximum atomic E-state index is 11.7. The van der Waals surface area contributed by atoms with Gasteiger partial charge in [0.1, 0.15) is 21.2 Å². The van der Waals surface area contributed by atoms with Crippen molar-refractivity contribution >= 4 is 26.9 Å². The Morgan fingerprint density at radius 2 is 2.11 bits per heavy atom. The molecule has 1 saturated heterocycles. The minimum atomic E-state index is -1.50. The van der Waals surface area contributed by atoms with Crippen molar-refractivity contribution in [2.24, 2.45) is 5.92 Å². The Morgan fingerprint density at radius 1 is 1.25 bits per heavy atom. The van der Waals surface area contributed by atoms with Crippen LogP contribution >= 0.6 is 21.2 Å². The van der Waals surface area contributed by atoms with Gasteiger partial charge in [-0.15, -0.1) is 0 Å². The summed E-state index contributed by atoms with van der Waals surface area (Å²) in [5.74, 6) is 0.861. The fourth-order valence-corrected chi connectivity index (χ4v) is 5.20. The smallest absolute Gasteiger partial charge is 0.129 e. The summed E-state index contributed by atoms with van der Waals surface area (Å²) in [6, 6.07) is 15.1. The van der Waals surface area contributed by atoms with Crippen molar-refractivity contribution in [1.29, 1.82) is 0 Å². The first-order valence-corrected chi connectivity index (χ1v) is 12.2. The molecule has 150 valence electrons. The fraction of sp³-hybridized carbons (Fsp3) is 0.478. The van der Waals surface area contributed by atoms with Crippen LogP contribution in [0.5, 0.6) is 0 Å². The molecule has 0 radical (unpaired) electrons. The molecule has 2 aliphatic rings. The van der Waals surface area contributed by atoms with E-state index >= 15 is 0 Å². The third-order valence-electron chi connectivity index (χ3n) is 5.96. The monoisotopic (exact) mass is 492 g/mol. The predicted octanol–water partition coefficient (Wildman–Crippen LogP) is 4.99. The number of ether oxygens (including phenoxy) is 1. The van der Waals surface area contributed by atoms with Gasteiger partial charge in [0.05, 0.1) is 12.1 Å². The van der Waals surface area contributed by atoms with E-state index in [0.717, 1.165) is 30.7 Å². The maximum absolute atomic E-state index is 11.7. The normalized spacial score (nSPS) is 24.9. The van der Waals surface area contributed by atoms with Crippen molar-refractivity contribution in [3.05, 3.63) is 64.7 Å². The number of fused-ring (bicyclic) bond motifs is 3. The number of rotatable bonds is 5. The Bertz CT molecular complexity index is 853. The van der Waals surface area contributed by atoms with Gasteiger partial charge >= 0.3 is 0 Å². The lowest BCUT2D eigenvalue weighted by atomic mass is 9.76. The molecule has 1 fully saturated rings. The van der Waals surface area contributed by atoms with Crippen molar-refractivity contribution in [3.63, 3.8) is 0 Å². The lowest BCUT2D eigenvalue weighted by Crippen LogP contribution is -2.36. The van der Waals surface area contributed by atoms with E-state index in [2.05, 4.69) is 49.5 Å². The van der Waals surface area contributed by atoms with Crippen molar-refractivity contribution in [2.75, 3.05) is 11.9 Å². The van der Waals surface area contributed by atoms with E-state index in [1.807, 2.05) is 12.1 Å². The Labute approximate surface area is 177 Å². The molecule has 5 heteroatoms. The summed E-state index contributed by atoms with van der Waals surface area (Å²) in [4.78, 5) is 0. The molecule has 0 aromatic heterocycles. The van der Waals surface area contributed by atoms with E-state index in [9.17, 15) is 8.18 Å². The van der Waals surface area contributed by atoms with E-state index in [-0.39, 0.29) is 12.1 Å². The molecular weight excluding hydrogens is 465 g/mol. The van der Waals surface area contributed by atoms with Gasteiger partial charge in [0.15, 0.2) is 0 Å². The molecule has 3 unspecified atom stereocenters. The van der Waals surface area contributed by atoms with Gasteiger partial charge in [-0.3, -0.25) is 3.07 Å². The summed E-state index contributed by atoms with van der Waals surface area (Å²) in [5.41, 5.74) is 5.93. The number of alkyl halides is 1. The fourth-order valence-electron chi connectivity index (χ4n) is 4.51. The van der Waals surface area contributed by atoms with Crippen LogP contribution in [0.4, 0.5) is 5.69 Å². The highest BCUT2D eigenvalue weighted by Gasteiger charge is 2.39. The van der Waals surface area contributed by atoms with Gasteiger partial charge in [-0.1, -0.05) is 50.2 Å². The van der Waals surface area contributed by atoms with Crippen LogP contribution in [0.15, 0.2) is 42.5 Å². The highest BCUT2D eigenvalue weighted by molar-refractivity contribution is 14.1. The first-order chi connectivity index (χ1) is 13.6. The molecule has 2 aliphatic heterocycles. The molecule has 2 aromatic rings. The average molecular weight is 492 g/mol. The molecule has 0 spiro atoms. The quantitative estimate of drug-likeness (QED) is 0.472. The number of hydrogen-bond donors (Lipinski definition) is 1. The number of nitrogens with one attached hydrogen (secondary N) is 1. The number of benzene rings is 2. The molecule has 2 aromatic carbocycles. The topological polar surface area (TPSA) is 61.4 Å². The summed E-state index contributed by atoms with van der Waals surface area (Å²) in [7, 11) is 0. The zero-order valence-electron chi connectivity index (χ0n) is 16.4. The van der Waals surface area contributed by atoms with E-state index in [4.69, 9.17) is 4.74 Å². The molecule has 4 rings (SSSR count). The Morgan fingerprint density at radius 3 is 2.89 bits per heavy atom. The van der Waals surface area contributed by atoms with Crippen LogP contribution in [0.3, 0.4) is 0 Å². The van der Waals surface area contributed by atoms with Crippen LogP contribution in [0, 0.1) is 5.92 Å². The summed E-state index contributed by atoms with van der Waals surface area (Å²) in [6.45, 7) is 5.25. The average Bonchev–Trinajstić information content (AvgIpc) is 2.72. The molecule has 0 saturated carbocycles. The number of halogens is 1. The third-order valence-corrected chi connectivity index (χ3v) is 6.97. The molecular formula is C23H27INO3-.